The van der Waals surface area contributed by atoms with Crippen molar-refractivity contribution in [3.8, 4) is 5.75 Å². The standard InChI is InChI=1S/C21H23N3O4S/c22-21(25)14-20(29(26)27)18-8-7-17(15-24-11-4-10-23-24)13-19(18)28-12-9-16-5-2-1-3-6-16/h1-8,10-11,13,20H,9,12,14-15H2,(H2,22,25)(H,26,27)/p-1. The van der Waals surface area contributed by atoms with Crippen molar-refractivity contribution in [2.45, 2.75) is 24.6 Å². The summed E-state index contributed by atoms with van der Waals surface area (Å²) in [6.45, 7) is 0.889. The number of primary amides is 1. The van der Waals surface area contributed by atoms with Gasteiger partial charge in [-0.3, -0.25) is 13.7 Å². The van der Waals surface area contributed by atoms with E-state index in [1.54, 1.807) is 23.0 Å². The van der Waals surface area contributed by atoms with Gasteiger partial charge in [-0.05, 0) is 34.3 Å². The molecule has 1 aromatic heterocycles. The normalized spacial score (nSPS) is 13.0. The van der Waals surface area contributed by atoms with Crippen LogP contribution in [0.3, 0.4) is 0 Å². The molecule has 8 heteroatoms. The smallest absolute Gasteiger partial charge is 0.218 e. The molecule has 1 heterocycles. The molecule has 2 N–H and O–H groups in total. The molecule has 152 valence electrons. The van der Waals surface area contributed by atoms with Crippen LogP contribution in [0, 0.1) is 0 Å². The van der Waals surface area contributed by atoms with Gasteiger partial charge in [-0.15, -0.1) is 0 Å². The third-order valence-electron chi connectivity index (χ3n) is 4.44. The average Bonchev–Trinajstić information content (AvgIpc) is 3.20. The van der Waals surface area contributed by atoms with Gasteiger partial charge in [0.2, 0.25) is 5.91 Å². The Hall–Kier alpha value is -2.97. The maximum atomic E-state index is 11.7. The van der Waals surface area contributed by atoms with Crippen molar-refractivity contribution in [2.24, 2.45) is 5.73 Å². The summed E-state index contributed by atoms with van der Waals surface area (Å²) in [4.78, 5) is 11.4. The predicted octanol–water partition coefficient (Wildman–Crippen LogP) is 2.35. The quantitative estimate of drug-likeness (QED) is 0.514. The van der Waals surface area contributed by atoms with Gasteiger partial charge in [0.15, 0.2) is 0 Å². The number of hydrogen-bond acceptors (Lipinski definition) is 5. The minimum absolute atomic E-state index is 0.302. The molecule has 0 bridgehead atoms. The number of nitrogens with zero attached hydrogens (tertiary/aromatic N) is 2. The Kier molecular flexibility index (Phi) is 7.15. The van der Waals surface area contributed by atoms with Crippen LogP contribution in [-0.4, -0.2) is 31.1 Å². The summed E-state index contributed by atoms with van der Waals surface area (Å²) in [7, 11) is 0. The number of nitrogens with two attached hydrogens (primary N) is 1. The minimum atomic E-state index is -2.51. The summed E-state index contributed by atoms with van der Waals surface area (Å²) < 4.78 is 31.2. The molecular formula is C21H22N3O4S-. The molecule has 0 saturated heterocycles. The first-order valence-corrected chi connectivity index (χ1v) is 10.3. The maximum Gasteiger partial charge on any atom is 0.218 e. The van der Waals surface area contributed by atoms with E-state index in [9.17, 15) is 13.6 Å². The molecule has 7 nitrogen and oxygen atoms in total. The van der Waals surface area contributed by atoms with Crippen LogP contribution in [0.15, 0.2) is 67.0 Å². The summed E-state index contributed by atoms with van der Waals surface area (Å²) in [5.74, 6) is -0.254. The van der Waals surface area contributed by atoms with Crippen molar-refractivity contribution in [3.63, 3.8) is 0 Å². The fourth-order valence-corrected chi connectivity index (χ4v) is 3.74. The zero-order valence-electron chi connectivity index (χ0n) is 15.8. The first kappa shape index (κ1) is 20.8. The van der Waals surface area contributed by atoms with E-state index in [0.717, 1.165) is 11.1 Å². The van der Waals surface area contributed by atoms with E-state index in [1.165, 1.54) is 0 Å². The summed E-state index contributed by atoms with van der Waals surface area (Å²) in [6.07, 6.45) is 3.90. The molecule has 0 aliphatic carbocycles. The number of benzene rings is 2. The Balaban J connectivity index is 1.84. The van der Waals surface area contributed by atoms with E-state index in [4.69, 9.17) is 10.5 Å². The largest absolute Gasteiger partial charge is 0.772 e. The third kappa shape index (κ3) is 6.00. The lowest BCUT2D eigenvalue weighted by atomic mass is 10.0. The van der Waals surface area contributed by atoms with Gasteiger partial charge >= 0.3 is 0 Å². The fraction of sp³-hybridized carbons (Fsp3) is 0.238. The molecule has 3 aromatic rings. The third-order valence-corrected chi connectivity index (χ3v) is 5.32. The van der Waals surface area contributed by atoms with Crippen LogP contribution in [0.2, 0.25) is 0 Å². The van der Waals surface area contributed by atoms with E-state index in [2.05, 4.69) is 5.10 Å². The number of aromatic nitrogens is 2. The van der Waals surface area contributed by atoms with Crippen LogP contribution in [0.5, 0.6) is 5.75 Å². The highest BCUT2D eigenvalue weighted by atomic mass is 32.2. The molecule has 2 atom stereocenters. The number of carbonyl (C=O) groups excluding carboxylic acids is 1. The Morgan fingerprint density at radius 2 is 1.97 bits per heavy atom. The molecule has 2 aromatic carbocycles. The second kappa shape index (κ2) is 9.99. The fourth-order valence-electron chi connectivity index (χ4n) is 3.04. The predicted molar refractivity (Wildman–Crippen MR) is 109 cm³/mol. The zero-order valence-corrected chi connectivity index (χ0v) is 16.6. The van der Waals surface area contributed by atoms with Crippen molar-refractivity contribution in [2.75, 3.05) is 6.61 Å². The Labute approximate surface area is 171 Å². The van der Waals surface area contributed by atoms with Crippen LogP contribution in [0.1, 0.15) is 28.4 Å². The lowest BCUT2D eigenvalue weighted by Gasteiger charge is -2.22. The second-order valence-corrected chi connectivity index (χ2v) is 7.67. The minimum Gasteiger partial charge on any atom is -0.772 e. The van der Waals surface area contributed by atoms with Gasteiger partial charge in [0, 0.05) is 30.8 Å². The van der Waals surface area contributed by atoms with Gasteiger partial charge in [0.1, 0.15) is 5.75 Å². The Morgan fingerprint density at radius 3 is 2.62 bits per heavy atom. The van der Waals surface area contributed by atoms with Crippen molar-refractivity contribution < 1.29 is 18.3 Å². The Bertz CT molecular complexity index is 961. The van der Waals surface area contributed by atoms with Crippen LogP contribution >= 0.6 is 0 Å². The molecule has 0 aliphatic heterocycles. The van der Waals surface area contributed by atoms with Gasteiger partial charge in [0.05, 0.1) is 18.4 Å². The highest BCUT2D eigenvalue weighted by Crippen LogP contribution is 2.32. The van der Waals surface area contributed by atoms with Crippen LogP contribution in [0.25, 0.3) is 0 Å². The van der Waals surface area contributed by atoms with Crippen molar-refractivity contribution in [1.29, 1.82) is 0 Å². The SMILES string of the molecule is NC(=O)CC(c1ccc(Cn2cccn2)cc1OCCc1ccccc1)S(=O)[O-]. The lowest BCUT2D eigenvalue weighted by molar-refractivity contribution is -0.118. The summed E-state index contributed by atoms with van der Waals surface area (Å²) in [5, 5.41) is 3.13. The van der Waals surface area contributed by atoms with Gasteiger partial charge < -0.3 is 15.0 Å². The average molecular weight is 412 g/mol. The van der Waals surface area contributed by atoms with E-state index in [-0.39, 0.29) is 6.42 Å². The van der Waals surface area contributed by atoms with E-state index in [1.807, 2.05) is 48.7 Å². The van der Waals surface area contributed by atoms with E-state index < -0.39 is 22.2 Å². The first-order chi connectivity index (χ1) is 14.0. The molecule has 0 radical (unpaired) electrons. The number of amides is 1. The second-order valence-electron chi connectivity index (χ2n) is 6.58. The van der Waals surface area contributed by atoms with Gasteiger partial charge in [-0.1, -0.05) is 42.5 Å². The van der Waals surface area contributed by atoms with Crippen molar-refractivity contribution in [1.82, 2.24) is 9.78 Å². The molecule has 0 aliphatic rings. The lowest BCUT2D eigenvalue weighted by Crippen LogP contribution is -2.19. The topological polar surface area (TPSA) is 110 Å². The zero-order chi connectivity index (χ0) is 20.6. The number of hydrogen-bond donors (Lipinski definition) is 1. The van der Waals surface area contributed by atoms with Crippen LogP contribution in [0.4, 0.5) is 0 Å². The van der Waals surface area contributed by atoms with Gasteiger partial charge in [-0.2, -0.15) is 5.10 Å². The summed E-state index contributed by atoms with van der Waals surface area (Å²) >= 11 is -2.51. The van der Waals surface area contributed by atoms with Gasteiger partial charge in [0.25, 0.3) is 0 Å². The molecule has 0 fully saturated rings. The maximum absolute atomic E-state index is 11.7. The first-order valence-electron chi connectivity index (χ1n) is 9.16. The molecular weight excluding hydrogens is 390 g/mol. The van der Waals surface area contributed by atoms with Crippen molar-refractivity contribution in [3.05, 3.63) is 83.7 Å². The number of rotatable bonds is 10. The van der Waals surface area contributed by atoms with Crippen LogP contribution in [-0.2, 0) is 28.8 Å². The highest BCUT2D eigenvalue weighted by Gasteiger charge is 2.20. The molecule has 3 rings (SSSR count). The Morgan fingerprint density at radius 1 is 1.17 bits per heavy atom. The van der Waals surface area contributed by atoms with E-state index in [0.29, 0.717) is 30.9 Å². The number of ether oxygens (including phenoxy) is 1. The van der Waals surface area contributed by atoms with Crippen molar-refractivity contribution >= 4 is 17.0 Å². The van der Waals surface area contributed by atoms with Crippen LogP contribution < -0.4 is 10.5 Å². The molecule has 0 saturated carbocycles. The summed E-state index contributed by atoms with van der Waals surface area (Å²) in [5.41, 5.74) is 7.69. The monoisotopic (exact) mass is 412 g/mol. The number of carbonyl (C=O) groups is 1. The van der Waals surface area contributed by atoms with E-state index >= 15 is 0 Å². The molecule has 2 unspecified atom stereocenters. The molecule has 29 heavy (non-hydrogen) atoms. The summed E-state index contributed by atoms with van der Waals surface area (Å²) in [6, 6.07) is 17.0. The van der Waals surface area contributed by atoms with Gasteiger partial charge in [-0.25, -0.2) is 0 Å². The molecule has 1 amide bonds. The molecule has 0 spiro atoms. The highest BCUT2D eigenvalue weighted by molar-refractivity contribution is 7.79.